The fraction of sp³-hybridized carbons (Fsp3) is 0.579. The van der Waals surface area contributed by atoms with Gasteiger partial charge in [0.1, 0.15) is 0 Å². The highest BCUT2D eigenvalue weighted by molar-refractivity contribution is 5.73. The highest BCUT2D eigenvalue weighted by Gasteiger charge is 2.47. The molecule has 1 aliphatic heterocycles. The molecular formula is C19H25F3N4O. The van der Waals surface area contributed by atoms with Gasteiger partial charge in [-0.25, -0.2) is 4.68 Å². The molecule has 5 nitrogen and oxygen atoms in total. The molecule has 1 aliphatic carbocycles. The lowest BCUT2D eigenvalue weighted by molar-refractivity contribution is -0.138. The second-order valence-corrected chi connectivity index (χ2v) is 7.39. The molecule has 0 saturated heterocycles. The first-order chi connectivity index (χ1) is 12.7. The summed E-state index contributed by atoms with van der Waals surface area (Å²) in [6.07, 6.45) is 6.57. The van der Waals surface area contributed by atoms with E-state index in [1.165, 1.54) is 11.6 Å². The van der Waals surface area contributed by atoms with Gasteiger partial charge in [0.05, 0.1) is 17.5 Å². The quantitative estimate of drug-likeness (QED) is 0.844. The van der Waals surface area contributed by atoms with Gasteiger partial charge in [-0.1, -0.05) is 18.9 Å². The minimum absolute atomic E-state index is 0.0398. The van der Waals surface area contributed by atoms with Crippen molar-refractivity contribution in [3.05, 3.63) is 41.4 Å². The van der Waals surface area contributed by atoms with Crippen LogP contribution in [0.4, 0.5) is 13.2 Å². The third kappa shape index (κ3) is 3.37. The molecule has 3 rings (SSSR count). The molecule has 1 fully saturated rings. The summed E-state index contributed by atoms with van der Waals surface area (Å²) in [6.45, 7) is 1.43. The number of aromatic nitrogens is 2. The Morgan fingerprint density at radius 2 is 2.04 bits per heavy atom. The number of carbonyl (C=O) groups excluding carboxylic acids is 1. The summed E-state index contributed by atoms with van der Waals surface area (Å²) >= 11 is 0. The zero-order valence-corrected chi connectivity index (χ0v) is 15.6. The van der Waals surface area contributed by atoms with E-state index in [0.29, 0.717) is 0 Å². The van der Waals surface area contributed by atoms with Crippen molar-refractivity contribution >= 4 is 5.91 Å². The second-order valence-electron chi connectivity index (χ2n) is 7.39. The molecule has 2 N–H and O–H groups in total. The molecule has 8 heteroatoms. The Bertz CT molecular complexity index is 774. The highest BCUT2D eigenvalue weighted by Crippen LogP contribution is 2.47. The van der Waals surface area contributed by atoms with E-state index in [-0.39, 0.29) is 24.5 Å². The van der Waals surface area contributed by atoms with Crippen LogP contribution in [0.1, 0.15) is 49.8 Å². The zero-order valence-electron chi connectivity index (χ0n) is 15.6. The number of rotatable bonds is 5. The molecule has 2 aliphatic rings. The SMILES string of the molecule is Cc1c(C(F)(F)F)cnn1C1(CCC(N)=O)C(C2CCCC2)=CC=CN1C. The molecular weight excluding hydrogens is 357 g/mol. The number of allylic oxidation sites excluding steroid dienone is 2. The van der Waals surface area contributed by atoms with Gasteiger partial charge < -0.3 is 10.6 Å². The van der Waals surface area contributed by atoms with Crippen LogP contribution in [0.15, 0.2) is 30.1 Å². The van der Waals surface area contributed by atoms with Gasteiger partial charge in [-0.05, 0) is 37.3 Å². The van der Waals surface area contributed by atoms with Crippen LogP contribution in [0.25, 0.3) is 0 Å². The van der Waals surface area contributed by atoms with Gasteiger partial charge in [0.15, 0.2) is 5.66 Å². The molecule has 0 aromatic carbocycles. The highest BCUT2D eigenvalue weighted by atomic mass is 19.4. The molecule has 0 spiro atoms. The van der Waals surface area contributed by atoms with E-state index in [0.717, 1.165) is 37.5 Å². The van der Waals surface area contributed by atoms with Crippen molar-refractivity contribution in [2.24, 2.45) is 11.7 Å². The third-order valence-corrected chi connectivity index (χ3v) is 5.81. The normalized spacial score (nSPS) is 23.7. The van der Waals surface area contributed by atoms with E-state index in [9.17, 15) is 18.0 Å². The van der Waals surface area contributed by atoms with Gasteiger partial charge in [0, 0.05) is 26.1 Å². The molecule has 1 amide bonds. The van der Waals surface area contributed by atoms with Gasteiger partial charge in [0.25, 0.3) is 0 Å². The van der Waals surface area contributed by atoms with Crippen molar-refractivity contribution in [2.45, 2.75) is 57.3 Å². The maximum absolute atomic E-state index is 13.4. The fourth-order valence-electron chi connectivity index (χ4n) is 4.49. The Morgan fingerprint density at radius 3 is 2.59 bits per heavy atom. The van der Waals surface area contributed by atoms with Crippen LogP contribution in [-0.2, 0) is 16.6 Å². The molecule has 1 aromatic rings. The predicted octanol–water partition coefficient (Wildman–Crippen LogP) is 3.70. The van der Waals surface area contributed by atoms with E-state index >= 15 is 0 Å². The Kier molecular flexibility index (Phi) is 5.10. The molecule has 1 saturated carbocycles. The maximum Gasteiger partial charge on any atom is 0.419 e. The minimum Gasteiger partial charge on any atom is -0.370 e. The molecule has 0 radical (unpaired) electrons. The number of amides is 1. The van der Waals surface area contributed by atoms with Crippen LogP contribution in [-0.4, -0.2) is 27.6 Å². The Labute approximate surface area is 156 Å². The van der Waals surface area contributed by atoms with Gasteiger partial charge >= 0.3 is 6.18 Å². The van der Waals surface area contributed by atoms with Crippen molar-refractivity contribution < 1.29 is 18.0 Å². The first-order valence-electron chi connectivity index (χ1n) is 9.20. The van der Waals surface area contributed by atoms with Crippen LogP contribution >= 0.6 is 0 Å². The third-order valence-electron chi connectivity index (χ3n) is 5.81. The van der Waals surface area contributed by atoms with Gasteiger partial charge in [0.2, 0.25) is 5.91 Å². The average molecular weight is 382 g/mol. The Hall–Kier alpha value is -2.25. The second kappa shape index (κ2) is 7.05. The van der Waals surface area contributed by atoms with E-state index < -0.39 is 23.3 Å². The van der Waals surface area contributed by atoms with E-state index in [1.807, 2.05) is 30.3 Å². The van der Waals surface area contributed by atoms with Crippen LogP contribution in [0.2, 0.25) is 0 Å². The monoisotopic (exact) mass is 382 g/mol. The number of carbonyl (C=O) groups is 1. The summed E-state index contributed by atoms with van der Waals surface area (Å²) in [5, 5.41) is 4.16. The fourth-order valence-corrected chi connectivity index (χ4v) is 4.49. The number of alkyl halides is 3. The molecule has 0 bridgehead atoms. The van der Waals surface area contributed by atoms with Crippen molar-refractivity contribution in [1.29, 1.82) is 0 Å². The standard InChI is InChI=1S/C19H25F3N4O/c1-13-16(19(20,21)22)12-24-26(13)18(10-9-17(23)27)15(8-5-11-25(18)2)14-6-3-4-7-14/h5,8,11-12,14H,3-4,6-7,9-10H2,1-2H3,(H2,23,27). The number of hydrogen-bond acceptors (Lipinski definition) is 3. The summed E-state index contributed by atoms with van der Waals surface area (Å²) in [5.41, 5.74) is 4.72. The molecule has 2 heterocycles. The minimum atomic E-state index is -4.48. The van der Waals surface area contributed by atoms with Crippen LogP contribution in [0, 0.1) is 12.8 Å². The number of hydrogen-bond donors (Lipinski definition) is 1. The Morgan fingerprint density at radius 1 is 1.37 bits per heavy atom. The number of halogens is 3. The van der Waals surface area contributed by atoms with Crippen molar-refractivity contribution in [3.63, 3.8) is 0 Å². The first-order valence-corrected chi connectivity index (χ1v) is 9.20. The number of nitrogens with zero attached hydrogens (tertiary/aromatic N) is 3. The summed E-state index contributed by atoms with van der Waals surface area (Å²) in [6, 6.07) is 0. The molecule has 1 aromatic heterocycles. The molecule has 148 valence electrons. The van der Waals surface area contributed by atoms with Gasteiger partial charge in [-0.2, -0.15) is 18.3 Å². The van der Waals surface area contributed by atoms with Crippen LogP contribution in [0.5, 0.6) is 0 Å². The lowest BCUT2D eigenvalue weighted by atomic mass is 9.80. The van der Waals surface area contributed by atoms with E-state index in [4.69, 9.17) is 5.73 Å². The van der Waals surface area contributed by atoms with Crippen molar-refractivity contribution in [1.82, 2.24) is 14.7 Å². The molecule has 1 atom stereocenters. The lowest BCUT2D eigenvalue weighted by Gasteiger charge is -2.47. The average Bonchev–Trinajstić information content (AvgIpc) is 3.23. The van der Waals surface area contributed by atoms with E-state index in [1.54, 1.807) is 0 Å². The smallest absolute Gasteiger partial charge is 0.370 e. The number of nitrogens with two attached hydrogens (primary N) is 1. The number of primary amides is 1. The first kappa shape index (κ1) is 19.5. The van der Waals surface area contributed by atoms with Crippen LogP contribution in [0.3, 0.4) is 0 Å². The summed E-state index contributed by atoms with van der Waals surface area (Å²) in [7, 11) is 1.81. The van der Waals surface area contributed by atoms with Gasteiger partial charge in [-0.3, -0.25) is 4.79 Å². The van der Waals surface area contributed by atoms with Crippen LogP contribution < -0.4 is 5.73 Å². The van der Waals surface area contributed by atoms with Gasteiger partial charge in [-0.15, -0.1) is 0 Å². The van der Waals surface area contributed by atoms with Crippen molar-refractivity contribution in [2.75, 3.05) is 7.05 Å². The van der Waals surface area contributed by atoms with Crippen molar-refractivity contribution in [3.8, 4) is 0 Å². The topological polar surface area (TPSA) is 64.2 Å². The Balaban J connectivity index is 2.17. The summed E-state index contributed by atoms with van der Waals surface area (Å²) in [4.78, 5) is 13.4. The largest absolute Gasteiger partial charge is 0.419 e. The number of likely N-dealkylation sites (N-methyl/N-ethyl adjacent to an activating group) is 1. The molecule has 1 unspecified atom stereocenters. The maximum atomic E-state index is 13.4. The lowest BCUT2D eigenvalue weighted by Crippen LogP contribution is -2.52. The zero-order chi connectivity index (χ0) is 19.8. The molecule has 27 heavy (non-hydrogen) atoms. The van der Waals surface area contributed by atoms with E-state index in [2.05, 4.69) is 5.10 Å². The predicted molar refractivity (Wildman–Crippen MR) is 95.3 cm³/mol. The summed E-state index contributed by atoms with van der Waals surface area (Å²) < 4.78 is 41.6. The summed E-state index contributed by atoms with van der Waals surface area (Å²) in [5.74, 6) is -0.229.